The Balaban J connectivity index is 0.000000350. The predicted octanol–water partition coefficient (Wildman–Crippen LogP) is 17.1. The number of hydrogen-bond acceptors (Lipinski definition) is 22. The molecule has 4 N–H and O–H groups in total. The largest absolute Gasteiger partial charge is 0.453 e. The maximum absolute atomic E-state index is 14.1. The molecule has 32 nitrogen and oxygen atoms in total. The molecule has 0 radical (unpaired) electrons. The van der Waals surface area contributed by atoms with Crippen LogP contribution in [0.5, 0.6) is 0 Å². The SMILES string of the molecule is COOC=N[C@H](C(=O)N1CCC[C@H]1c1ncc(-c2ccc3cc(-c4ccc5c(c4)nc(N4CCCN4C(=O)[C@@H](NC(=O)OC)C(C)C)n5COCC[Si](C)(C)C)ccc3c2)[nH]1)C(C)C.COOC=N[C@H](C(=O)N1CCC[C@H]1c1ncc(-c2ccc3cc(-c4ccc5nc(N6CCCN6C(=O)[C@@H](NC(=O)OC)C(C)C)n(COCC[Si](C)(C)C)c5c4)ccc3c2)[nH]1)C(C)C.S.S.S.S.S.S. The number of ether oxygens (including phenoxy) is 4. The molecule has 4 aliphatic rings. The minimum absolute atomic E-state index is 0. The first-order valence-electron chi connectivity index (χ1n) is 44.6. The van der Waals surface area contributed by atoms with Crippen molar-refractivity contribution in [2.75, 3.05) is 90.9 Å². The van der Waals surface area contributed by atoms with Crippen LogP contribution in [0.4, 0.5) is 21.5 Å². The number of aromatic nitrogens is 8. The van der Waals surface area contributed by atoms with Gasteiger partial charge in [-0.2, -0.15) is 90.7 Å². The van der Waals surface area contributed by atoms with Crippen molar-refractivity contribution in [1.82, 2.24) is 69.5 Å². The lowest BCUT2D eigenvalue weighted by Crippen LogP contribution is -2.54. The summed E-state index contributed by atoms with van der Waals surface area (Å²) in [5, 5.41) is 17.1. The highest BCUT2D eigenvalue weighted by Crippen LogP contribution is 2.40. The standard InChI is InChI=1S/2C47H63N9O7Si.6H2S/c1-30(2)41(49-28-63-61-6)44(57)53-19-10-12-40(53)43-48-27-38(50-43)36-16-15-32-24-33(13-14-34(32)25-36)35-17-18-39-37(26-35)51-46(54(39)29-62-22-23-64(7,8)9)56-21-11-20-55(56)45(58)42(31(3)4)52-47(59)60-5;1-30(2)41(49-28-63-61-6)44(57)53-19-10-12-39(53)43-48-27-38(50-43)36-16-15-32-24-33(13-14-34(32)25-36)35-17-18-37-40(26-35)54(29-62-22-23-64(7,8)9)46(51-37)56-21-11-20-55(56)45(58)42(31(3)4)52-47(59)60-5;;;;;;/h13-18,24-28,30-31,40-42H,10-12,19-23,29H2,1-9H3,(H,48,50)(H,52,59);13-18,24-28,30-31,39,41-42H,10-12,19-23,29H2,1-9H3,(H,48,50)(H,52,59);6*1H2/t40-,41-,42-;39-,41-,42-;;;;;;/m00....../s1. The third-order valence-electron chi connectivity index (χ3n) is 24.1. The number of benzene rings is 6. The third-order valence-corrected chi connectivity index (χ3v) is 27.5. The molecule has 14 rings (SSSR count). The first kappa shape index (κ1) is 112. The van der Waals surface area contributed by atoms with Crippen molar-refractivity contribution in [2.45, 2.75) is 195 Å². The van der Waals surface area contributed by atoms with Gasteiger partial charge in [-0.3, -0.25) is 38.3 Å². The summed E-state index contributed by atoms with van der Waals surface area (Å²) in [7, 11) is 2.71. The summed E-state index contributed by atoms with van der Waals surface area (Å²) < 4.78 is 26.5. The molecule has 0 bridgehead atoms. The first-order chi connectivity index (χ1) is 61.3. The number of aromatic amines is 2. The van der Waals surface area contributed by atoms with Crippen LogP contribution >= 0.6 is 81.0 Å². The van der Waals surface area contributed by atoms with Crippen LogP contribution in [0.3, 0.4) is 0 Å². The molecule has 10 aromatic rings. The number of aliphatic imine (C=N–C) groups is 2. The van der Waals surface area contributed by atoms with E-state index in [9.17, 15) is 28.8 Å². The molecule has 4 fully saturated rings. The fourth-order valence-electron chi connectivity index (χ4n) is 16.9. The molecule has 732 valence electrons. The number of amides is 6. The number of anilines is 2. The van der Waals surface area contributed by atoms with Crippen LogP contribution in [0.25, 0.3) is 88.4 Å². The Hall–Kier alpha value is -9.47. The number of fused-ring (bicyclic) bond motifs is 4. The van der Waals surface area contributed by atoms with Gasteiger partial charge in [0, 0.05) is 79.8 Å². The maximum atomic E-state index is 14.1. The van der Waals surface area contributed by atoms with Gasteiger partial charge >= 0.3 is 12.2 Å². The van der Waals surface area contributed by atoms with Crippen molar-refractivity contribution in [2.24, 2.45) is 33.7 Å². The van der Waals surface area contributed by atoms with E-state index in [-0.39, 0.29) is 154 Å². The lowest BCUT2D eigenvalue weighted by atomic mass is 9.99. The summed E-state index contributed by atoms with van der Waals surface area (Å²) >= 11 is 0. The molecule has 6 aromatic carbocycles. The van der Waals surface area contributed by atoms with E-state index in [2.05, 4.69) is 192 Å². The number of nitrogens with zero attached hydrogens (tertiary/aromatic N) is 14. The summed E-state index contributed by atoms with van der Waals surface area (Å²) in [6.07, 6.45) is 9.66. The van der Waals surface area contributed by atoms with E-state index in [1.165, 1.54) is 41.2 Å². The minimum Gasteiger partial charge on any atom is -0.453 e. The Kier molecular flexibility index (Phi) is 41.6. The van der Waals surface area contributed by atoms with Crippen molar-refractivity contribution >= 4 is 201 Å². The van der Waals surface area contributed by atoms with Crippen molar-refractivity contribution < 1.29 is 67.3 Å². The molecule has 0 aliphatic carbocycles. The number of nitrogens with one attached hydrogen (secondary N) is 4. The number of likely N-dealkylation sites (tertiary alicyclic amines) is 2. The lowest BCUT2D eigenvalue weighted by Gasteiger charge is -2.33. The van der Waals surface area contributed by atoms with Gasteiger partial charge < -0.3 is 59.1 Å². The molecular formula is C94H138N18O14S6Si2. The van der Waals surface area contributed by atoms with E-state index in [4.69, 9.17) is 48.7 Å². The second-order valence-electron chi connectivity index (χ2n) is 37.1. The number of carbonyl (C=O) groups is 6. The number of methoxy groups -OCH3 is 2. The van der Waals surface area contributed by atoms with Gasteiger partial charge in [-0.1, -0.05) is 155 Å². The van der Waals surface area contributed by atoms with Crippen LogP contribution in [0.15, 0.2) is 132 Å². The molecule has 6 amide bonds. The van der Waals surface area contributed by atoms with Crippen molar-refractivity contribution in [3.8, 4) is 44.8 Å². The second kappa shape index (κ2) is 50.0. The molecule has 4 aliphatic heterocycles. The van der Waals surface area contributed by atoms with E-state index < -0.39 is 52.5 Å². The Morgan fingerprint density at radius 2 is 0.813 bits per heavy atom. The quantitative estimate of drug-likeness (QED) is 0.00727. The molecule has 8 heterocycles. The smallest absolute Gasteiger partial charge is 0.407 e. The number of carbonyl (C=O) groups excluding carboxylic acids is 6. The molecule has 40 heteroatoms. The monoisotopic (exact) mass is 1990 g/mol. The Labute approximate surface area is 829 Å². The van der Waals surface area contributed by atoms with E-state index in [1.54, 1.807) is 10.0 Å². The van der Waals surface area contributed by atoms with Gasteiger partial charge in [-0.15, -0.1) is 0 Å². The fourth-order valence-corrected chi connectivity index (χ4v) is 18.4. The van der Waals surface area contributed by atoms with E-state index >= 15 is 0 Å². The highest BCUT2D eigenvalue weighted by Gasteiger charge is 2.42. The topological polar surface area (TPSA) is 337 Å². The lowest BCUT2D eigenvalue weighted by molar-refractivity contribution is -0.188. The molecule has 0 saturated carbocycles. The van der Waals surface area contributed by atoms with Crippen LogP contribution in [-0.4, -0.2) is 229 Å². The van der Waals surface area contributed by atoms with Crippen molar-refractivity contribution in [3.05, 3.63) is 133 Å². The van der Waals surface area contributed by atoms with Gasteiger partial charge in [0.2, 0.25) is 36.5 Å². The Morgan fingerprint density at radius 1 is 0.440 bits per heavy atom. The molecular weight excluding hydrogens is 1850 g/mol. The highest BCUT2D eigenvalue weighted by atomic mass is 32.1. The van der Waals surface area contributed by atoms with Crippen molar-refractivity contribution in [1.29, 1.82) is 0 Å². The summed E-state index contributed by atoms with van der Waals surface area (Å²) in [5.74, 6) is 1.85. The number of hydrazine groups is 2. The van der Waals surface area contributed by atoms with Crippen LogP contribution in [0.2, 0.25) is 51.4 Å². The average molecular weight is 1990 g/mol. The molecule has 6 atom stereocenters. The van der Waals surface area contributed by atoms with Gasteiger partial charge in [0.1, 0.15) is 49.3 Å². The normalized spacial score (nSPS) is 16.0. The van der Waals surface area contributed by atoms with Gasteiger partial charge in [-0.05, 0) is 167 Å². The first-order valence-corrected chi connectivity index (χ1v) is 52.0. The summed E-state index contributed by atoms with van der Waals surface area (Å²) in [6, 6.07) is 37.2. The zero-order valence-electron chi connectivity index (χ0n) is 80.2. The van der Waals surface area contributed by atoms with E-state index in [0.29, 0.717) is 64.4 Å². The van der Waals surface area contributed by atoms with Gasteiger partial charge in [0.15, 0.2) is 0 Å². The Morgan fingerprint density at radius 3 is 1.21 bits per heavy atom. The Bertz CT molecular complexity index is 5610. The van der Waals surface area contributed by atoms with Gasteiger partial charge in [-0.25, -0.2) is 49.5 Å². The van der Waals surface area contributed by atoms with Gasteiger partial charge in [0.05, 0.1) is 86.4 Å². The van der Waals surface area contributed by atoms with Crippen LogP contribution in [0.1, 0.15) is 118 Å². The molecule has 134 heavy (non-hydrogen) atoms. The fraction of sp³-hybridized carbons (Fsp3) is 0.489. The average Bonchev–Trinajstić information content (AvgIpc) is 1.60. The van der Waals surface area contributed by atoms with Crippen LogP contribution in [-0.2, 0) is 71.1 Å². The summed E-state index contributed by atoms with van der Waals surface area (Å²) in [6.45, 7) is 34.7. The van der Waals surface area contributed by atoms with Crippen LogP contribution < -0.4 is 20.7 Å². The zero-order chi connectivity index (χ0) is 91.4. The molecule has 0 spiro atoms. The highest BCUT2D eigenvalue weighted by molar-refractivity contribution is 7.60. The predicted molar refractivity (Wildman–Crippen MR) is 564 cm³/mol. The summed E-state index contributed by atoms with van der Waals surface area (Å²) in [4.78, 5) is 138. The second-order valence-corrected chi connectivity index (χ2v) is 48.3. The molecule has 0 unspecified atom stereocenters. The molecule has 4 aromatic heterocycles. The third kappa shape index (κ3) is 26.7. The van der Waals surface area contributed by atoms with Gasteiger partial charge in [0.25, 0.3) is 11.8 Å². The number of hydrogen-bond donors (Lipinski definition) is 4. The minimum atomic E-state index is -1.35. The number of alkyl carbamates (subject to hydrolysis) is 2. The number of rotatable bonds is 34. The zero-order valence-corrected chi connectivity index (χ0v) is 88.2. The van der Waals surface area contributed by atoms with E-state index in [1.807, 2.05) is 93.7 Å². The van der Waals surface area contributed by atoms with Crippen LogP contribution in [0, 0.1) is 23.7 Å². The number of H-pyrrole nitrogens is 2. The number of imidazole rings is 4. The van der Waals surface area contributed by atoms with Crippen molar-refractivity contribution in [3.63, 3.8) is 0 Å². The maximum Gasteiger partial charge on any atom is 0.407 e. The van der Waals surface area contributed by atoms with E-state index in [0.717, 1.165) is 151 Å². The summed E-state index contributed by atoms with van der Waals surface area (Å²) in [5.41, 5.74) is 11.3. The molecule has 4 saturated heterocycles.